The first-order valence-corrected chi connectivity index (χ1v) is 4.22. The Morgan fingerprint density at radius 2 is 2.25 bits per heavy atom. The molecule has 1 heterocycles. The normalized spacial score (nSPS) is 34.0. The summed E-state index contributed by atoms with van der Waals surface area (Å²) in [6.45, 7) is 0.538. The second kappa shape index (κ2) is 2.47. The lowest BCUT2D eigenvalue weighted by Crippen LogP contribution is -2.35. The van der Waals surface area contributed by atoms with E-state index in [1.54, 1.807) is 0 Å². The van der Waals surface area contributed by atoms with E-state index in [1.165, 1.54) is 4.90 Å². The van der Waals surface area contributed by atoms with E-state index in [0.29, 0.717) is 13.0 Å². The largest absolute Gasteiger partial charge is 0.465 e. The van der Waals surface area contributed by atoms with E-state index < -0.39 is 6.09 Å². The van der Waals surface area contributed by atoms with Crippen LogP contribution < -0.4 is 0 Å². The highest BCUT2D eigenvalue weighted by molar-refractivity contribution is 5.85. The van der Waals surface area contributed by atoms with Crippen LogP contribution in [0.2, 0.25) is 0 Å². The fraction of sp³-hybridized carbons (Fsp3) is 0.750. The van der Waals surface area contributed by atoms with E-state index in [4.69, 9.17) is 5.11 Å². The molecule has 0 unspecified atom stereocenters. The van der Waals surface area contributed by atoms with Crippen molar-refractivity contribution in [2.75, 3.05) is 6.54 Å². The fourth-order valence-electron chi connectivity index (χ4n) is 2.30. The molecule has 1 saturated heterocycles. The number of rotatable bonds is 0. The van der Waals surface area contributed by atoms with E-state index >= 15 is 0 Å². The molecule has 2 atom stereocenters. The molecule has 1 aliphatic heterocycles. The van der Waals surface area contributed by atoms with Crippen molar-refractivity contribution in [3.63, 3.8) is 0 Å². The van der Waals surface area contributed by atoms with Crippen molar-refractivity contribution in [2.24, 2.45) is 5.92 Å². The molecule has 0 bridgehead atoms. The molecule has 1 amide bonds. The molecule has 4 heteroatoms. The van der Waals surface area contributed by atoms with Crippen molar-refractivity contribution in [3.05, 3.63) is 0 Å². The topological polar surface area (TPSA) is 57.6 Å². The highest BCUT2D eigenvalue weighted by Gasteiger charge is 2.44. The van der Waals surface area contributed by atoms with Gasteiger partial charge in [0.15, 0.2) is 0 Å². The van der Waals surface area contributed by atoms with Crippen LogP contribution in [0.25, 0.3) is 0 Å². The third kappa shape index (κ3) is 0.906. The Bertz CT molecular complexity index is 238. The van der Waals surface area contributed by atoms with Gasteiger partial charge in [0.25, 0.3) is 0 Å². The van der Waals surface area contributed by atoms with Crippen molar-refractivity contribution >= 4 is 11.9 Å². The maximum atomic E-state index is 11.2. The molecule has 0 aromatic heterocycles. The maximum absolute atomic E-state index is 11.2. The zero-order valence-electron chi connectivity index (χ0n) is 6.69. The number of nitrogens with zero attached hydrogens (tertiary/aromatic N) is 1. The molecular weight excluding hydrogens is 158 g/mol. The summed E-state index contributed by atoms with van der Waals surface area (Å²) in [4.78, 5) is 23.3. The summed E-state index contributed by atoms with van der Waals surface area (Å²) in [6, 6.07) is -0.00463. The highest BCUT2D eigenvalue weighted by atomic mass is 16.4. The lowest BCUT2D eigenvalue weighted by molar-refractivity contribution is -0.120. The summed E-state index contributed by atoms with van der Waals surface area (Å²) < 4.78 is 0. The maximum Gasteiger partial charge on any atom is 0.407 e. The van der Waals surface area contributed by atoms with Gasteiger partial charge in [0.05, 0.1) is 0 Å². The second-order valence-corrected chi connectivity index (χ2v) is 3.44. The average Bonchev–Trinajstić information content (AvgIpc) is 2.53. The van der Waals surface area contributed by atoms with Gasteiger partial charge in [-0.1, -0.05) is 0 Å². The molecule has 0 aromatic carbocycles. The van der Waals surface area contributed by atoms with Gasteiger partial charge in [0.2, 0.25) is 0 Å². The summed E-state index contributed by atoms with van der Waals surface area (Å²) in [5.41, 5.74) is 0. The summed E-state index contributed by atoms with van der Waals surface area (Å²) in [6.07, 6.45) is 1.15. The number of hydrogen-bond donors (Lipinski definition) is 1. The first-order chi connectivity index (χ1) is 5.70. The molecule has 2 rings (SSSR count). The lowest BCUT2D eigenvalue weighted by atomic mass is 10.0. The smallest absolute Gasteiger partial charge is 0.407 e. The third-order valence-corrected chi connectivity index (χ3v) is 2.89. The van der Waals surface area contributed by atoms with Gasteiger partial charge >= 0.3 is 6.09 Å². The zero-order valence-corrected chi connectivity index (χ0v) is 6.69. The predicted molar refractivity (Wildman–Crippen MR) is 40.9 cm³/mol. The molecule has 2 fully saturated rings. The van der Waals surface area contributed by atoms with E-state index in [2.05, 4.69) is 0 Å². The Morgan fingerprint density at radius 3 is 2.92 bits per heavy atom. The number of ketones is 1. The van der Waals surface area contributed by atoms with Crippen LogP contribution in [-0.2, 0) is 4.79 Å². The van der Waals surface area contributed by atoms with Crippen LogP contribution in [0.3, 0.4) is 0 Å². The molecular formula is C8H11NO3. The molecule has 66 valence electrons. The zero-order chi connectivity index (χ0) is 8.72. The van der Waals surface area contributed by atoms with Crippen LogP contribution in [0.1, 0.15) is 19.3 Å². The van der Waals surface area contributed by atoms with Crippen LogP contribution in [-0.4, -0.2) is 34.5 Å². The summed E-state index contributed by atoms with van der Waals surface area (Å²) in [7, 11) is 0. The first kappa shape index (κ1) is 7.58. The van der Waals surface area contributed by atoms with Gasteiger partial charge in [-0.2, -0.15) is 0 Å². The number of amides is 1. The fourth-order valence-corrected chi connectivity index (χ4v) is 2.30. The molecule has 12 heavy (non-hydrogen) atoms. The minimum Gasteiger partial charge on any atom is -0.465 e. The summed E-state index contributed by atoms with van der Waals surface area (Å²) in [5.74, 6) is 0.268. The number of Topliss-reactive ketones (excluding diaryl/α,β-unsaturated/α-hetero) is 1. The van der Waals surface area contributed by atoms with Gasteiger partial charge in [0.1, 0.15) is 5.78 Å². The average molecular weight is 169 g/mol. The standard InChI is InChI=1S/C8H11NO3/c10-7-2-1-6-5(7)3-4-9(6)8(11)12/h5-6H,1-4H2,(H,11,12)/t5-,6-/m1/s1. The molecule has 1 aliphatic carbocycles. The van der Waals surface area contributed by atoms with Crippen molar-refractivity contribution < 1.29 is 14.7 Å². The van der Waals surface area contributed by atoms with Gasteiger partial charge in [-0.25, -0.2) is 4.79 Å². The highest BCUT2D eigenvalue weighted by Crippen LogP contribution is 2.35. The minimum absolute atomic E-state index is 0.00463. The Labute approximate surface area is 70.2 Å². The van der Waals surface area contributed by atoms with Crippen LogP contribution in [0.4, 0.5) is 4.79 Å². The Morgan fingerprint density at radius 1 is 1.50 bits per heavy atom. The van der Waals surface area contributed by atoms with Gasteiger partial charge in [-0.3, -0.25) is 4.79 Å². The monoisotopic (exact) mass is 169 g/mol. The lowest BCUT2D eigenvalue weighted by Gasteiger charge is -2.18. The number of carbonyl (C=O) groups excluding carboxylic acids is 1. The second-order valence-electron chi connectivity index (χ2n) is 3.44. The number of fused-ring (bicyclic) bond motifs is 1. The van der Waals surface area contributed by atoms with Gasteiger partial charge in [-0.15, -0.1) is 0 Å². The number of likely N-dealkylation sites (tertiary alicyclic amines) is 1. The Kier molecular flexibility index (Phi) is 1.56. The van der Waals surface area contributed by atoms with E-state index in [1.807, 2.05) is 0 Å². The third-order valence-electron chi connectivity index (χ3n) is 2.89. The van der Waals surface area contributed by atoms with Crippen LogP contribution in [0.15, 0.2) is 0 Å². The molecule has 0 spiro atoms. The van der Waals surface area contributed by atoms with Crippen molar-refractivity contribution in [1.29, 1.82) is 0 Å². The van der Waals surface area contributed by atoms with Crippen LogP contribution in [0.5, 0.6) is 0 Å². The van der Waals surface area contributed by atoms with E-state index in [-0.39, 0.29) is 17.7 Å². The Hall–Kier alpha value is -1.06. The Balaban J connectivity index is 2.15. The quantitative estimate of drug-likeness (QED) is 0.581. The molecule has 0 aromatic rings. The van der Waals surface area contributed by atoms with Crippen LogP contribution >= 0.6 is 0 Å². The molecule has 1 saturated carbocycles. The molecule has 0 radical (unpaired) electrons. The van der Waals surface area contributed by atoms with Crippen LogP contribution in [0, 0.1) is 5.92 Å². The van der Waals surface area contributed by atoms with Gasteiger partial charge in [-0.05, 0) is 12.8 Å². The number of hydrogen-bond acceptors (Lipinski definition) is 2. The summed E-state index contributed by atoms with van der Waals surface area (Å²) >= 11 is 0. The first-order valence-electron chi connectivity index (χ1n) is 4.22. The summed E-state index contributed by atoms with van der Waals surface area (Å²) in [5, 5.41) is 8.76. The van der Waals surface area contributed by atoms with Gasteiger partial charge in [0, 0.05) is 24.9 Å². The predicted octanol–water partition coefficient (Wildman–Crippen LogP) is 0.718. The van der Waals surface area contributed by atoms with E-state index in [0.717, 1.165) is 12.8 Å². The van der Waals surface area contributed by atoms with Crippen molar-refractivity contribution in [3.8, 4) is 0 Å². The SMILES string of the molecule is O=C1CC[C@@H]2[C@H]1CCN2C(=O)O. The van der Waals surface area contributed by atoms with Gasteiger partial charge < -0.3 is 10.0 Å². The number of carboxylic acid groups (broad SMARTS) is 1. The van der Waals surface area contributed by atoms with E-state index in [9.17, 15) is 9.59 Å². The molecule has 2 aliphatic rings. The minimum atomic E-state index is -0.878. The van der Waals surface area contributed by atoms with Crippen molar-refractivity contribution in [2.45, 2.75) is 25.3 Å². The number of carbonyl (C=O) groups is 2. The molecule has 1 N–H and O–H groups in total. The van der Waals surface area contributed by atoms with Crippen molar-refractivity contribution in [1.82, 2.24) is 4.90 Å². The molecule has 4 nitrogen and oxygen atoms in total.